The van der Waals surface area contributed by atoms with Crippen molar-refractivity contribution in [3.63, 3.8) is 0 Å². The maximum Gasteiger partial charge on any atom is 0.278 e. The highest BCUT2D eigenvalue weighted by Crippen LogP contribution is 2.43. The summed E-state index contributed by atoms with van der Waals surface area (Å²) in [5.74, 6) is 1.40. The fourth-order valence-corrected chi connectivity index (χ4v) is 4.71. The zero-order chi connectivity index (χ0) is 25.5. The summed E-state index contributed by atoms with van der Waals surface area (Å²) in [6, 6.07) is 5.91. The van der Waals surface area contributed by atoms with Crippen LogP contribution in [-0.2, 0) is 4.74 Å². The van der Waals surface area contributed by atoms with Crippen molar-refractivity contribution in [3.05, 3.63) is 64.7 Å². The van der Waals surface area contributed by atoms with Crippen LogP contribution >= 0.6 is 0 Å². The molecule has 1 amide bonds. The summed E-state index contributed by atoms with van der Waals surface area (Å²) in [7, 11) is 0. The first-order valence-corrected chi connectivity index (χ1v) is 12.2. The fraction of sp³-hybridized carbons (Fsp3) is 0.360. The molecule has 0 spiro atoms. The van der Waals surface area contributed by atoms with Crippen LogP contribution in [0.1, 0.15) is 47.8 Å². The van der Waals surface area contributed by atoms with Crippen molar-refractivity contribution in [2.75, 3.05) is 16.8 Å². The number of aliphatic hydroxyl groups is 1. The summed E-state index contributed by atoms with van der Waals surface area (Å²) in [5.41, 5.74) is 2.98. The molecule has 12 nitrogen and oxygen atoms in total. The summed E-state index contributed by atoms with van der Waals surface area (Å²) < 4.78 is 7.36. The maximum atomic E-state index is 12.4. The third-order valence-electron chi connectivity index (χ3n) is 6.74. The number of pyridine rings is 2. The number of nitrogens with zero attached hydrogens (tertiary/aromatic N) is 6. The van der Waals surface area contributed by atoms with E-state index >= 15 is 0 Å². The number of rotatable bonds is 3. The molecule has 3 aliphatic rings. The molecule has 0 aromatic carbocycles. The molecule has 4 aromatic heterocycles. The van der Waals surface area contributed by atoms with Crippen LogP contribution in [0.3, 0.4) is 0 Å². The van der Waals surface area contributed by atoms with Gasteiger partial charge in [0.1, 0.15) is 12.0 Å². The van der Waals surface area contributed by atoms with Gasteiger partial charge in [0, 0.05) is 18.4 Å². The second kappa shape index (κ2) is 9.37. The standard InChI is InChI=1S/C15H14N4O.C10H12N4O3/c1-9-6-8-17-14-12(9)18-15(20)11-3-2-7-16-13(11)19(14)10-4-5-10;15-3-6-1-2-7(17-6)14-5-13-8-9(14)11-4-12-10(8)16/h2-3,6-8,10H,4-5H2,1H3,(H,18,20);4-7,15H,1-3H2,(H,11,12,16)/t;6-,7+/m.0/s1. The van der Waals surface area contributed by atoms with Crippen molar-refractivity contribution in [1.82, 2.24) is 29.5 Å². The quantitative estimate of drug-likeness (QED) is 0.384. The third kappa shape index (κ3) is 4.23. The van der Waals surface area contributed by atoms with Gasteiger partial charge in [-0.1, -0.05) is 0 Å². The van der Waals surface area contributed by atoms with Crippen molar-refractivity contribution >= 4 is 34.4 Å². The van der Waals surface area contributed by atoms with Crippen LogP contribution in [0.4, 0.5) is 17.3 Å². The Balaban J connectivity index is 0.000000138. The van der Waals surface area contributed by atoms with Crippen molar-refractivity contribution in [2.24, 2.45) is 0 Å². The number of carbonyl (C=O) groups excluding carboxylic acids is 1. The number of aromatic amines is 1. The molecule has 4 aromatic rings. The first kappa shape index (κ1) is 23.3. The molecule has 2 atom stereocenters. The Morgan fingerprint density at radius 2 is 1.89 bits per heavy atom. The Hall–Kier alpha value is -4.16. The van der Waals surface area contributed by atoms with Gasteiger partial charge in [-0.25, -0.2) is 19.9 Å². The smallest absolute Gasteiger partial charge is 0.278 e. The van der Waals surface area contributed by atoms with E-state index in [4.69, 9.17) is 9.84 Å². The van der Waals surface area contributed by atoms with Gasteiger partial charge in [0.15, 0.2) is 17.0 Å². The maximum absolute atomic E-state index is 12.4. The average molecular weight is 503 g/mol. The van der Waals surface area contributed by atoms with Gasteiger partial charge in [0.2, 0.25) is 0 Å². The molecule has 6 heterocycles. The van der Waals surface area contributed by atoms with E-state index in [0.29, 0.717) is 28.6 Å². The lowest BCUT2D eigenvalue weighted by molar-refractivity contribution is -0.0207. The molecule has 1 aliphatic carbocycles. The molecule has 0 bridgehead atoms. The van der Waals surface area contributed by atoms with Crippen LogP contribution in [-0.4, -0.2) is 59.3 Å². The Morgan fingerprint density at radius 3 is 2.68 bits per heavy atom. The molecule has 1 saturated heterocycles. The van der Waals surface area contributed by atoms with E-state index in [0.717, 1.165) is 42.8 Å². The Labute approximate surface area is 211 Å². The predicted molar refractivity (Wildman–Crippen MR) is 135 cm³/mol. The summed E-state index contributed by atoms with van der Waals surface area (Å²) >= 11 is 0. The Kier molecular flexibility index (Phi) is 5.89. The largest absolute Gasteiger partial charge is 0.394 e. The van der Waals surface area contributed by atoms with E-state index in [1.54, 1.807) is 29.4 Å². The highest BCUT2D eigenvalue weighted by Gasteiger charge is 2.38. The lowest BCUT2D eigenvalue weighted by atomic mass is 10.2. The first-order valence-electron chi connectivity index (χ1n) is 12.2. The van der Waals surface area contributed by atoms with Crippen LogP contribution < -0.4 is 15.8 Å². The number of amides is 1. The number of ether oxygens (including phenoxy) is 1. The molecule has 0 unspecified atom stereocenters. The minimum absolute atomic E-state index is 0.0111. The number of fused-ring (bicyclic) bond motifs is 3. The molecular formula is C25H26N8O4. The Morgan fingerprint density at radius 1 is 1.05 bits per heavy atom. The van der Waals surface area contributed by atoms with E-state index in [-0.39, 0.29) is 30.4 Å². The normalized spacial score (nSPS) is 20.5. The van der Waals surface area contributed by atoms with Gasteiger partial charge >= 0.3 is 0 Å². The van der Waals surface area contributed by atoms with Gasteiger partial charge in [-0.15, -0.1) is 0 Å². The summed E-state index contributed by atoms with van der Waals surface area (Å²) in [5, 5.41) is 12.0. The zero-order valence-electron chi connectivity index (χ0n) is 20.2. The number of H-pyrrole nitrogens is 1. The molecule has 12 heteroatoms. The van der Waals surface area contributed by atoms with Gasteiger partial charge in [0.25, 0.3) is 11.5 Å². The molecule has 2 aliphatic heterocycles. The van der Waals surface area contributed by atoms with Crippen LogP contribution in [0.5, 0.6) is 0 Å². The van der Waals surface area contributed by atoms with Crippen LogP contribution in [0.2, 0.25) is 0 Å². The van der Waals surface area contributed by atoms with E-state index < -0.39 is 0 Å². The molecule has 3 N–H and O–H groups in total. The van der Waals surface area contributed by atoms with Gasteiger partial charge in [-0.3, -0.25) is 14.2 Å². The summed E-state index contributed by atoms with van der Waals surface area (Å²) in [6.45, 7) is 1.99. The van der Waals surface area contributed by atoms with Gasteiger partial charge in [0.05, 0.1) is 36.6 Å². The highest BCUT2D eigenvalue weighted by atomic mass is 16.5. The van der Waals surface area contributed by atoms with Crippen LogP contribution in [0.25, 0.3) is 11.2 Å². The van der Waals surface area contributed by atoms with Gasteiger partial charge in [-0.2, -0.15) is 0 Å². The summed E-state index contributed by atoms with van der Waals surface area (Å²) in [4.78, 5) is 45.5. The van der Waals surface area contributed by atoms with Gasteiger partial charge in [-0.05, 0) is 56.4 Å². The number of carbonyl (C=O) groups is 1. The second-order valence-electron chi connectivity index (χ2n) is 9.28. The highest BCUT2D eigenvalue weighted by molar-refractivity contribution is 6.11. The van der Waals surface area contributed by atoms with E-state index in [1.165, 1.54) is 6.33 Å². The zero-order valence-corrected chi connectivity index (χ0v) is 20.2. The number of anilines is 3. The third-order valence-corrected chi connectivity index (χ3v) is 6.74. The lowest BCUT2D eigenvalue weighted by Gasteiger charge is -2.23. The predicted octanol–water partition coefficient (Wildman–Crippen LogP) is 2.44. The van der Waals surface area contributed by atoms with Gasteiger partial charge < -0.3 is 25.0 Å². The monoisotopic (exact) mass is 502 g/mol. The Bertz CT molecular complexity index is 1530. The van der Waals surface area contributed by atoms with E-state index in [2.05, 4.69) is 35.1 Å². The van der Waals surface area contributed by atoms with Crippen LogP contribution in [0, 0.1) is 6.92 Å². The fourth-order valence-electron chi connectivity index (χ4n) is 4.71. The minimum atomic E-state index is -0.259. The molecule has 37 heavy (non-hydrogen) atoms. The minimum Gasteiger partial charge on any atom is -0.394 e. The number of hydrogen-bond acceptors (Lipinski definition) is 9. The molecule has 190 valence electrons. The number of imidazole rings is 1. The SMILES string of the molecule is Cc1ccnc2c1NC(=O)c1cccnc1N2C1CC1.O=c1[nH]cnc2c1ncn2[C@H]1CC[C@@H](CO)O1. The molecule has 1 saturated carbocycles. The number of aromatic nitrogens is 6. The van der Waals surface area contributed by atoms with Crippen molar-refractivity contribution in [2.45, 2.75) is 51.0 Å². The molecule has 7 rings (SSSR count). The number of nitrogens with one attached hydrogen (secondary N) is 2. The van der Waals surface area contributed by atoms with Crippen molar-refractivity contribution < 1.29 is 14.6 Å². The average Bonchev–Trinajstić information content (AvgIpc) is 3.48. The molecule has 2 fully saturated rings. The number of aryl methyl sites for hydroxylation is 1. The lowest BCUT2D eigenvalue weighted by Crippen LogP contribution is -2.22. The van der Waals surface area contributed by atoms with Crippen molar-refractivity contribution in [1.29, 1.82) is 0 Å². The summed E-state index contributed by atoms with van der Waals surface area (Å²) in [6.07, 6.45) is 9.86. The van der Waals surface area contributed by atoms with Crippen LogP contribution in [0.15, 0.2) is 48.0 Å². The topological polar surface area (TPSA) is 151 Å². The van der Waals surface area contributed by atoms with Crippen molar-refractivity contribution in [3.8, 4) is 0 Å². The molecule has 0 radical (unpaired) electrons. The molecular weight excluding hydrogens is 476 g/mol. The van der Waals surface area contributed by atoms with E-state index in [9.17, 15) is 9.59 Å². The first-order chi connectivity index (χ1) is 18.0. The number of aliphatic hydroxyl groups excluding tert-OH is 1. The second-order valence-corrected chi connectivity index (χ2v) is 9.28. The van der Waals surface area contributed by atoms with E-state index in [1.807, 2.05) is 19.1 Å². The number of hydrogen-bond donors (Lipinski definition) is 3.